The largest absolute Gasteiger partial charge is 0.505 e. The smallest absolute Gasteiger partial charge is 0.299 e. The summed E-state index contributed by atoms with van der Waals surface area (Å²) < 4.78 is 27.4. The van der Waals surface area contributed by atoms with Gasteiger partial charge >= 0.3 is 0 Å². The third-order valence-corrected chi connectivity index (χ3v) is 3.18. The van der Waals surface area contributed by atoms with Crippen LogP contribution in [0, 0.1) is 13.8 Å². The van der Waals surface area contributed by atoms with Crippen LogP contribution < -0.4 is 9.44 Å². The summed E-state index contributed by atoms with van der Waals surface area (Å²) in [7, 11) is -3.60. The van der Waals surface area contributed by atoms with E-state index in [0.29, 0.717) is 12.1 Å². The summed E-state index contributed by atoms with van der Waals surface area (Å²) in [4.78, 5) is 0. The molecule has 0 atom stereocenters. The minimum Gasteiger partial charge on any atom is -0.505 e. The first-order valence-corrected chi connectivity index (χ1v) is 6.41. The van der Waals surface area contributed by atoms with Gasteiger partial charge in [0.25, 0.3) is 10.2 Å². The van der Waals surface area contributed by atoms with Gasteiger partial charge in [-0.1, -0.05) is 13.0 Å². The standard InChI is InChI=1S/C10H16N2O3S/c1-4-11-16(14,15)12-9-6-7(2)5-8(3)10(9)13/h5-6,11-13H,4H2,1-3H3. The molecular weight excluding hydrogens is 228 g/mol. The van der Waals surface area contributed by atoms with Crippen molar-refractivity contribution in [3.8, 4) is 5.75 Å². The van der Waals surface area contributed by atoms with Crippen LogP contribution in [0.25, 0.3) is 0 Å². The van der Waals surface area contributed by atoms with Crippen LogP contribution in [0.5, 0.6) is 5.75 Å². The molecule has 3 N–H and O–H groups in total. The quantitative estimate of drug-likeness (QED) is 0.698. The topological polar surface area (TPSA) is 78.4 Å². The van der Waals surface area contributed by atoms with Crippen molar-refractivity contribution in [3.63, 3.8) is 0 Å². The van der Waals surface area contributed by atoms with Gasteiger partial charge in [-0.3, -0.25) is 4.72 Å². The van der Waals surface area contributed by atoms with Crippen molar-refractivity contribution in [3.05, 3.63) is 23.3 Å². The molecule has 0 aliphatic rings. The highest BCUT2D eigenvalue weighted by molar-refractivity contribution is 7.90. The predicted molar refractivity (Wildman–Crippen MR) is 63.8 cm³/mol. The summed E-state index contributed by atoms with van der Waals surface area (Å²) in [6.45, 7) is 5.52. The van der Waals surface area contributed by atoms with E-state index >= 15 is 0 Å². The Hall–Kier alpha value is -1.27. The first-order valence-electron chi connectivity index (χ1n) is 4.93. The van der Waals surface area contributed by atoms with E-state index < -0.39 is 10.2 Å². The van der Waals surface area contributed by atoms with Gasteiger partial charge in [0.05, 0.1) is 5.69 Å². The normalized spacial score (nSPS) is 11.4. The molecule has 0 radical (unpaired) electrons. The number of phenols is 1. The fraction of sp³-hybridized carbons (Fsp3) is 0.400. The molecular formula is C10H16N2O3S. The van der Waals surface area contributed by atoms with Crippen molar-refractivity contribution < 1.29 is 13.5 Å². The van der Waals surface area contributed by atoms with Crippen molar-refractivity contribution in [1.82, 2.24) is 4.72 Å². The number of hydrogen-bond donors (Lipinski definition) is 3. The molecule has 90 valence electrons. The van der Waals surface area contributed by atoms with E-state index in [1.54, 1.807) is 26.0 Å². The minimum atomic E-state index is -3.60. The van der Waals surface area contributed by atoms with Crippen LogP contribution in [-0.2, 0) is 10.2 Å². The Morgan fingerprint density at radius 2 is 1.94 bits per heavy atom. The van der Waals surface area contributed by atoms with Gasteiger partial charge in [-0.15, -0.1) is 0 Å². The Morgan fingerprint density at radius 1 is 1.31 bits per heavy atom. The van der Waals surface area contributed by atoms with E-state index in [1.165, 1.54) is 0 Å². The Morgan fingerprint density at radius 3 is 2.50 bits per heavy atom. The number of phenolic OH excluding ortho intramolecular Hbond substituents is 1. The lowest BCUT2D eigenvalue weighted by Crippen LogP contribution is -2.29. The van der Waals surface area contributed by atoms with Gasteiger partial charge in [0.1, 0.15) is 5.75 Å². The van der Waals surface area contributed by atoms with Crippen molar-refractivity contribution in [2.75, 3.05) is 11.3 Å². The summed E-state index contributed by atoms with van der Waals surface area (Å²) in [6.07, 6.45) is 0. The highest BCUT2D eigenvalue weighted by Gasteiger charge is 2.12. The Labute approximate surface area is 95.7 Å². The van der Waals surface area contributed by atoms with Gasteiger partial charge in [-0.05, 0) is 31.0 Å². The van der Waals surface area contributed by atoms with Gasteiger partial charge in [0.2, 0.25) is 0 Å². The average molecular weight is 244 g/mol. The molecule has 0 heterocycles. The Bertz CT molecular complexity index is 483. The minimum absolute atomic E-state index is 0.0490. The lowest BCUT2D eigenvalue weighted by Gasteiger charge is -2.11. The molecule has 6 heteroatoms. The molecule has 16 heavy (non-hydrogen) atoms. The summed E-state index contributed by atoms with van der Waals surface area (Å²) in [6, 6.07) is 3.36. The average Bonchev–Trinajstić information content (AvgIpc) is 2.12. The summed E-state index contributed by atoms with van der Waals surface area (Å²) in [5.41, 5.74) is 1.71. The Kier molecular flexibility index (Phi) is 3.77. The fourth-order valence-corrected chi connectivity index (χ4v) is 2.31. The summed E-state index contributed by atoms with van der Waals surface area (Å²) in [5.74, 6) is -0.0490. The van der Waals surface area contributed by atoms with Gasteiger partial charge in [0, 0.05) is 6.54 Å². The summed E-state index contributed by atoms with van der Waals surface area (Å²) >= 11 is 0. The zero-order valence-electron chi connectivity index (χ0n) is 9.53. The zero-order chi connectivity index (χ0) is 12.3. The number of nitrogens with one attached hydrogen (secondary N) is 2. The second-order valence-corrected chi connectivity index (χ2v) is 5.08. The summed E-state index contributed by atoms with van der Waals surface area (Å²) in [5, 5.41) is 9.70. The maximum Gasteiger partial charge on any atom is 0.299 e. The number of aryl methyl sites for hydroxylation is 2. The fourth-order valence-electron chi connectivity index (χ4n) is 1.41. The van der Waals surface area contributed by atoms with E-state index in [9.17, 15) is 13.5 Å². The van der Waals surface area contributed by atoms with Crippen molar-refractivity contribution >= 4 is 15.9 Å². The third-order valence-electron chi connectivity index (χ3n) is 2.02. The third kappa shape index (κ3) is 3.11. The number of anilines is 1. The highest BCUT2D eigenvalue weighted by Crippen LogP contribution is 2.29. The first kappa shape index (κ1) is 12.8. The Balaban J connectivity index is 3.07. The molecule has 0 bridgehead atoms. The van der Waals surface area contributed by atoms with Crippen molar-refractivity contribution in [2.45, 2.75) is 20.8 Å². The number of aromatic hydroxyl groups is 1. The van der Waals surface area contributed by atoms with E-state index in [2.05, 4.69) is 9.44 Å². The van der Waals surface area contributed by atoms with E-state index in [-0.39, 0.29) is 11.4 Å². The SMILES string of the molecule is CCNS(=O)(=O)Nc1cc(C)cc(C)c1O. The van der Waals surface area contributed by atoms with Crippen LogP contribution in [0.1, 0.15) is 18.1 Å². The molecule has 0 unspecified atom stereocenters. The molecule has 0 saturated carbocycles. The van der Waals surface area contributed by atoms with Crippen molar-refractivity contribution in [1.29, 1.82) is 0 Å². The van der Waals surface area contributed by atoms with E-state index in [0.717, 1.165) is 5.56 Å². The van der Waals surface area contributed by atoms with E-state index in [1.807, 2.05) is 6.92 Å². The van der Waals surface area contributed by atoms with Crippen molar-refractivity contribution in [2.24, 2.45) is 0 Å². The highest BCUT2D eigenvalue weighted by atomic mass is 32.2. The lowest BCUT2D eigenvalue weighted by atomic mass is 10.1. The first-order chi connectivity index (χ1) is 7.35. The van der Waals surface area contributed by atoms with E-state index in [4.69, 9.17) is 0 Å². The maximum atomic E-state index is 11.4. The molecule has 1 aromatic rings. The molecule has 1 aromatic carbocycles. The molecule has 0 fully saturated rings. The monoisotopic (exact) mass is 244 g/mol. The molecule has 0 amide bonds. The second kappa shape index (κ2) is 4.71. The van der Waals surface area contributed by atoms with Crippen LogP contribution >= 0.6 is 0 Å². The van der Waals surface area contributed by atoms with Crippen LogP contribution in [0.4, 0.5) is 5.69 Å². The van der Waals surface area contributed by atoms with Crippen LogP contribution in [0.3, 0.4) is 0 Å². The molecule has 1 rings (SSSR count). The van der Waals surface area contributed by atoms with Crippen LogP contribution in [0.2, 0.25) is 0 Å². The predicted octanol–water partition coefficient (Wildman–Crippen LogP) is 1.28. The number of hydrogen-bond acceptors (Lipinski definition) is 3. The van der Waals surface area contributed by atoms with Gasteiger partial charge < -0.3 is 5.11 Å². The number of benzene rings is 1. The maximum absolute atomic E-state index is 11.4. The molecule has 0 saturated heterocycles. The molecule has 0 spiro atoms. The second-order valence-electron chi connectivity index (χ2n) is 3.58. The molecule has 5 nitrogen and oxygen atoms in total. The number of rotatable bonds is 4. The lowest BCUT2D eigenvalue weighted by molar-refractivity contribution is 0.473. The van der Waals surface area contributed by atoms with Crippen LogP contribution in [-0.4, -0.2) is 20.1 Å². The van der Waals surface area contributed by atoms with Gasteiger partial charge in [-0.2, -0.15) is 13.1 Å². The zero-order valence-corrected chi connectivity index (χ0v) is 10.4. The molecule has 0 aliphatic heterocycles. The van der Waals surface area contributed by atoms with Gasteiger partial charge in [0.15, 0.2) is 0 Å². The van der Waals surface area contributed by atoms with Gasteiger partial charge in [-0.25, -0.2) is 0 Å². The van der Waals surface area contributed by atoms with Crippen LogP contribution in [0.15, 0.2) is 12.1 Å². The molecule has 0 aliphatic carbocycles. The molecule has 0 aromatic heterocycles.